The van der Waals surface area contributed by atoms with Crippen molar-refractivity contribution in [3.8, 4) is 11.5 Å². The largest absolute Gasteiger partial charge is 0.495 e. The highest BCUT2D eigenvalue weighted by atomic mass is 79.9. The number of benzene rings is 2. The average molecular weight is 350 g/mol. The maximum Gasteiger partial charge on any atom is 0.228 e. The van der Waals surface area contributed by atoms with Crippen LogP contribution in [0.25, 0.3) is 0 Å². The van der Waals surface area contributed by atoms with Crippen molar-refractivity contribution in [1.29, 1.82) is 0 Å². The van der Waals surface area contributed by atoms with Gasteiger partial charge in [0.15, 0.2) is 0 Å². The molecule has 0 aliphatic carbocycles. The van der Waals surface area contributed by atoms with Gasteiger partial charge < -0.3 is 14.8 Å². The van der Waals surface area contributed by atoms with E-state index in [0.29, 0.717) is 23.6 Å². The average Bonchev–Trinajstić information content (AvgIpc) is 2.49. The van der Waals surface area contributed by atoms with Crippen molar-refractivity contribution in [2.24, 2.45) is 0 Å². The topological polar surface area (TPSA) is 47.6 Å². The van der Waals surface area contributed by atoms with Gasteiger partial charge in [0.2, 0.25) is 5.91 Å². The van der Waals surface area contributed by atoms with Crippen molar-refractivity contribution >= 4 is 27.5 Å². The lowest BCUT2D eigenvalue weighted by Crippen LogP contribution is -2.15. The number of anilines is 1. The number of carbonyl (C=O) groups is 1. The van der Waals surface area contributed by atoms with Gasteiger partial charge in [-0.15, -0.1) is 0 Å². The minimum atomic E-state index is -0.108. The van der Waals surface area contributed by atoms with E-state index in [4.69, 9.17) is 9.47 Å². The van der Waals surface area contributed by atoms with Crippen LogP contribution in [0.15, 0.2) is 46.9 Å². The lowest BCUT2D eigenvalue weighted by atomic mass is 10.1. The lowest BCUT2D eigenvalue weighted by Gasteiger charge is -2.13. The Bertz CT molecular complexity index is 629. The molecular formula is C16H16BrNO3. The van der Waals surface area contributed by atoms with Crippen molar-refractivity contribution in [2.45, 2.75) is 6.42 Å². The molecule has 0 saturated carbocycles. The summed E-state index contributed by atoms with van der Waals surface area (Å²) in [6.45, 7) is 0. The predicted octanol–water partition coefficient (Wildman–Crippen LogP) is 3.65. The minimum Gasteiger partial charge on any atom is -0.495 e. The van der Waals surface area contributed by atoms with Crippen LogP contribution in [-0.2, 0) is 11.2 Å². The number of hydrogen-bond donors (Lipinski definition) is 1. The van der Waals surface area contributed by atoms with Gasteiger partial charge in [-0.3, -0.25) is 4.79 Å². The van der Waals surface area contributed by atoms with Crippen LogP contribution in [0.4, 0.5) is 5.69 Å². The second-order valence-corrected chi connectivity index (χ2v) is 5.25. The van der Waals surface area contributed by atoms with Gasteiger partial charge in [-0.2, -0.15) is 0 Å². The van der Waals surface area contributed by atoms with Crippen molar-refractivity contribution in [3.63, 3.8) is 0 Å². The summed E-state index contributed by atoms with van der Waals surface area (Å²) < 4.78 is 11.3. The lowest BCUT2D eigenvalue weighted by molar-refractivity contribution is -0.115. The molecule has 0 atom stereocenters. The third-order valence-corrected chi connectivity index (χ3v) is 3.58. The van der Waals surface area contributed by atoms with E-state index in [0.717, 1.165) is 10.0 Å². The molecule has 1 amide bonds. The smallest absolute Gasteiger partial charge is 0.228 e. The molecule has 2 aromatic carbocycles. The van der Waals surface area contributed by atoms with E-state index in [1.54, 1.807) is 26.4 Å². The summed E-state index contributed by atoms with van der Waals surface area (Å²) in [4.78, 5) is 12.1. The summed E-state index contributed by atoms with van der Waals surface area (Å²) in [6, 6.07) is 13.1. The molecule has 0 bridgehead atoms. The van der Waals surface area contributed by atoms with E-state index >= 15 is 0 Å². The zero-order valence-corrected chi connectivity index (χ0v) is 13.4. The molecule has 21 heavy (non-hydrogen) atoms. The van der Waals surface area contributed by atoms with Crippen LogP contribution in [0, 0.1) is 0 Å². The Hall–Kier alpha value is -2.01. The van der Waals surface area contributed by atoms with Crippen molar-refractivity contribution in [1.82, 2.24) is 0 Å². The van der Waals surface area contributed by atoms with Crippen molar-refractivity contribution in [3.05, 3.63) is 52.5 Å². The fraction of sp³-hybridized carbons (Fsp3) is 0.188. The van der Waals surface area contributed by atoms with Gasteiger partial charge in [-0.25, -0.2) is 0 Å². The zero-order chi connectivity index (χ0) is 15.2. The molecule has 0 spiro atoms. The Balaban J connectivity index is 2.16. The molecule has 5 heteroatoms. The van der Waals surface area contributed by atoms with Gasteiger partial charge in [0.05, 0.1) is 30.8 Å². The number of ether oxygens (including phenoxy) is 2. The maximum absolute atomic E-state index is 12.1. The van der Waals surface area contributed by atoms with E-state index < -0.39 is 0 Å². The molecule has 0 aliphatic rings. The molecule has 2 rings (SSSR count). The molecule has 0 heterocycles. The normalized spacial score (nSPS) is 10.0. The third-order valence-electron chi connectivity index (χ3n) is 2.96. The number of carbonyl (C=O) groups excluding carboxylic acids is 1. The Morgan fingerprint density at radius 1 is 1.10 bits per heavy atom. The first-order valence-electron chi connectivity index (χ1n) is 6.39. The quantitative estimate of drug-likeness (QED) is 0.896. The van der Waals surface area contributed by atoms with Crippen LogP contribution >= 0.6 is 15.9 Å². The van der Waals surface area contributed by atoms with E-state index in [1.807, 2.05) is 30.3 Å². The van der Waals surface area contributed by atoms with Gasteiger partial charge >= 0.3 is 0 Å². The van der Waals surface area contributed by atoms with Gasteiger partial charge in [0.1, 0.15) is 11.5 Å². The summed E-state index contributed by atoms with van der Waals surface area (Å²) in [5.74, 6) is 1.10. The van der Waals surface area contributed by atoms with Crippen LogP contribution < -0.4 is 14.8 Å². The second-order valence-electron chi connectivity index (χ2n) is 4.40. The Kier molecular flexibility index (Phi) is 5.22. The summed E-state index contributed by atoms with van der Waals surface area (Å²) in [6.07, 6.45) is 0.308. The Morgan fingerprint density at radius 3 is 2.38 bits per heavy atom. The highest BCUT2D eigenvalue weighted by molar-refractivity contribution is 9.10. The zero-order valence-electron chi connectivity index (χ0n) is 11.9. The standard InChI is InChI=1S/C16H16BrNO3/c1-20-14-10-13(15(21-2)9-12(14)17)18-16(19)8-11-6-4-3-5-7-11/h3-7,9-10H,8H2,1-2H3,(H,18,19). The predicted molar refractivity (Wildman–Crippen MR) is 86.0 cm³/mol. The summed E-state index contributed by atoms with van der Waals surface area (Å²) >= 11 is 3.38. The molecule has 0 saturated heterocycles. The highest BCUT2D eigenvalue weighted by Gasteiger charge is 2.12. The molecule has 110 valence electrons. The molecule has 1 N–H and O–H groups in total. The van der Waals surface area contributed by atoms with E-state index in [2.05, 4.69) is 21.2 Å². The van der Waals surface area contributed by atoms with Gasteiger partial charge in [0.25, 0.3) is 0 Å². The molecule has 0 radical (unpaired) electrons. The van der Waals surface area contributed by atoms with Crippen LogP contribution in [0.1, 0.15) is 5.56 Å². The molecule has 0 aromatic heterocycles. The van der Waals surface area contributed by atoms with E-state index in [9.17, 15) is 4.79 Å². The summed E-state index contributed by atoms with van der Waals surface area (Å²) in [5.41, 5.74) is 1.54. The first-order chi connectivity index (χ1) is 10.1. The van der Waals surface area contributed by atoms with Crippen molar-refractivity contribution in [2.75, 3.05) is 19.5 Å². The fourth-order valence-electron chi connectivity index (χ4n) is 1.93. The van der Waals surface area contributed by atoms with Gasteiger partial charge in [-0.05, 0) is 21.5 Å². The van der Waals surface area contributed by atoms with Crippen LogP contribution in [0.2, 0.25) is 0 Å². The molecule has 0 unspecified atom stereocenters. The van der Waals surface area contributed by atoms with Crippen LogP contribution in [0.5, 0.6) is 11.5 Å². The van der Waals surface area contributed by atoms with E-state index in [1.165, 1.54) is 0 Å². The molecular weight excluding hydrogens is 334 g/mol. The summed E-state index contributed by atoms with van der Waals surface area (Å²) in [5, 5.41) is 2.85. The number of halogens is 1. The third kappa shape index (κ3) is 3.98. The highest BCUT2D eigenvalue weighted by Crippen LogP contribution is 2.36. The molecule has 2 aromatic rings. The molecule has 4 nitrogen and oxygen atoms in total. The number of amides is 1. The maximum atomic E-state index is 12.1. The number of methoxy groups -OCH3 is 2. The number of rotatable bonds is 5. The molecule has 0 fully saturated rings. The van der Waals surface area contributed by atoms with Crippen LogP contribution in [-0.4, -0.2) is 20.1 Å². The van der Waals surface area contributed by atoms with Gasteiger partial charge in [-0.1, -0.05) is 30.3 Å². The monoisotopic (exact) mass is 349 g/mol. The minimum absolute atomic E-state index is 0.108. The Morgan fingerprint density at radius 2 is 1.76 bits per heavy atom. The Labute approximate surface area is 132 Å². The second kappa shape index (κ2) is 7.13. The first-order valence-corrected chi connectivity index (χ1v) is 7.18. The fourth-order valence-corrected chi connectivity index (χ4v) is 2.42. The van der Waals surface area contributed by atoms with Crippen molar-refractivity contribution < 1.29 is 14.3 Å². The van der Waals surface area contributed by atoms with Gasteiger partial charge in [0, 0.05) is 12.1 Å². The molecule has 0 aliphatic heterocycles. The first kappa shape index (κ1) is 15.4. The number of hydrogen-bond acceptors (Lipinski definition) is 3. The number of nitrogens with one attached hydrogen (secondary N) is 1. The summed E-state index contributed by atoms with van der Waals surface area (Å²) in [7, 11) is 3.13. The SMILES string of the molecule is COc1cc(NC(=O)Cc2ccccc2)c(OC)cc1Br. The van der Waals surface area contributed by atoms with E-state index in [-0.39, 0.29) is 5.91 Å². The van der Waals surface area contributed by atoms with Crippen LogP contribution in [0.3, 0.4) is 0 Å².